The minimum absolute atomic E-state index is 0.0662. The number of likely N-dealkylation sites (tertiary alicyclic amines) is 1. The van der Waals surface area contributed by atoms with E-state index in [4.69, 9.17) is 5.11 Å². The molecule has 0 spiro atoms. The molecule has 25 heavy (non-hydrogen) atoms. The Morgan fingerprint density at radius 1 is 1.20 bits per heavy atom. The maximum atomic E-state index is 13.7. The summed E-state index contributed by atoms with van der Waals surface area (Å²) in [6.45, 7) is 1.92. The molecule has 1 saturated heterocycles. The Balaban J connectivity index is 1.49. The van der Waals surface area contributed by atoms with Crippen LogP contribution in [0.2, 0.25) is 0 Å². The van der Waals surface area contributed by atoms with Gasteiger partial charge in [0.25, 0.3) is 0 Å². The molecule has 1 aromatic carbocycles. The van der Waals surface area contributed by atoms with Gasteiger partial charge in [-0.15, -0.1) is 0 Å². The molecule has 0 aromatic heterocycles. The second-order valence-electron chi connectivity index (χ2n) is 7.14. The second kappa shape index (κ2) is 7.95. The minimum atomic E-state index is -1.30. The average Bonchev–Trinajstić information content (AvgIpc) is 3.03. The van der Waals surface area contributed by atoms with Crippen molar-refractivity contribution in [2.45, 2.75) is 57.0 Å². The van der Waals surface area contributed by atoms with Gasteiger partial charge in [0.05, 0.1) is 12.0 Å². The summed E-state index contributed by atoms with van der Waals surface area (Å²) in [5.74, 6) is -2.25. The Kier molecular flexibility index (Phi) is 5.68. The second-order valence-corrected chi connectivity index (χ2v) is 7.14. The summed E-state index contributed by atoms with van der Waals surface area (Å²) < 4.78 is 13.7. The lowest BCUT2D eigenvalue weighted by molar-refractivity contribution is -0.121. The van der Waals surface area contributed by atoms with Gasteiger partial charge in [-0.2, -0.15) is 0 Å². The summed E-state index contributed by atoms with van der Waals surface area (Å²) in [5, 5.41) is 11.9. The summed E-state index contributed by atoms with van der Waals surface area (Å²) in [5.41, 5.74) is 0.116. The molecule has 2 fully saturated rings. The predicted octanol–water partition coefficient (Wildman–Crippen LogP) is 2.59. The first-order valence-electron chi connectivity index (χ1n) is 9.08. The molecule has 2 N–H and O–H groups in total. The quantitative estimate of drug-likeness (QED) is 0.858. The van der Waals surface area contributed by atoms with E-state index in [0.717, 1.165) is 25.6 Å². The van der Waals surface area contributed by atoms with Crippen LogP contribution < -0.4 is 5.32 Å². The van der Waals surface area contributed by atoms with Gasteiger partial charge in [-0.1, -0.05) is 25.3 Å². The van der Waals surface area contributed by atoms with Gasteiger partial charge in [-0.3, -0.25) is 9.69 Å². The fourth-order valence-corrected chi connectivity index (χ4v) is 3.99. The molecule has 1 amide bonds. The van der Waals surface area contributed by atoms with Crippen LogP contribution in [0.1, 0.15) is 54.4 Å². The van der Waals surface area contributed by atoms with E-state index in [-0.39, 0.29) is 23.9 Å². The molecule has 136 valence electrons. The number of rotatable bonds is 5. The largest absolute Gasteiger partial charge is 0.478 e. The Hall–Kier alpha value is -1.95. The fraction of sp³-hybridized carbons (Fsp3) is 0.579. The maximum Gasteiger partial charge on any atom is 0.338 e. The number of nitrogens with one attached hydrogen (secondary N) is 1. The van der Waals surface area contributed by atoms with Crippen LogP contribution in [0.5, 0.6) is 0 Å². The number of nitrogens with zero attached hydrogens (tertiary/aromatic N) is 1. The van der Waals surface area contributed by atoms with Crippen LogP contribution in [0.4, 0.5) is 4.39 Å². The van der Waals surface area contributed by atoms with Crippen molar-refractivity contribution in [3.63, 3.8) is 0 Å². The SMILES string of the molecule is O=C(Cc1ccc(C(=O)O)c(F)c1)NC1CCN(C2CCCCC2)C1. The van der Waals surface area contributed by atoms with E-state index in [1.807, 2.05) is 0 Å². The van der Waals surface area contributed by atoms with Gasteiger partial charge in [0.2, 0.25) is 5.91 Å². The molecule has 1 atom stereocenters. The van der Waals surface area contributed by atoms with Crippen LogP contribution in [0, 0.1) is 5.82 Å². The molecule has 0 bridgehead atoms. The van der Waals surface area contributed by atoms with Crippen molar-refractivity contribution in [1.29, 1.82) is 0 Å². The highest BCUT2D eigenvalue weighted by atomic mass is 19.1. The van der Waals surface area contributed by atoms with Crippen LogP contribution in [0.25, 0.3) is 0 Å². The molecule has 0 radical (unpaired) electrons. The molecular formula is C19H25FN2O3. The minimum Gasteiger partial charge on any atom is -0.478 e. The lowest BCUT2D eigenvalue weighted by Crippen LogP contribution is -2.41. The van der Waals surface area contributed by atoms with Gasteiger partial charge in [-0.25, -0.2) is 9.18 Å². The van der Waals surface area contributed by atoms with Crippen molar-refractivity contribution < 1.29 is 19.1 Å². The first kappa shape index (κ1) is 17.9. The van der Waals surface area contributed by atoms with Crippen molar-refractivity contribution in [2.75, 3.05) is 13.1 Å². The monoisotopic (exact) mass is 348 g/mol. The number of carboxylic acid groups (broad SMARTS) is 1. The molecular weight excluding hydrogens is 323 g/mol. The molecule has 6 heteroatoms. The Bertz CT molecular complexity index is 644. The summed E-state index contributed by atoms with van der Waals surface area (Å²) in [6.07, 6.45) is 7.48. The van der Waals surface area contributed by atoms with Crippen LogP contribution >= 0.6 is 0 Å². The number of halogens is 1. The molecule has 2 aliphatic rings. The first-order valence-corrected chi connectivity index (χ1v) is 9.08. The third kappa shape index (κ3) is 4.57. The van der Waals surface area contributed by atoms with E-state index >= 15 is 0 Å². The van der Waals surface area contributed by atoms with Gasteiger partial charge in [0.15, 0.2) is 0 Å². The molecule has 1 aromatic rings. The number of amides is 1. The standard InChI is InChI=1S/C19H25FN2O3/c20-17-10-13(6-7-16(17)19(24)25)11-18(23)21-14-8-9-22(12-14)15-4-2-1-3-5-15/h6-7,10,14-15H,1-5,8-9,11-12H2,(H,21,23)(H,24,25). The van der Waals surface area contributed by atoms with Gasteiger partial charge in [-0.05, 0) is 37.0 Å². The van der Waals surface area contributed by atoms with E-state index in [9.17, 15) is 14.0 Å². The molecule has 1 heterocycles. The number of hydrogen-bond donors (Lipinski definition) is 2. The van der Waals surface area contributed by atoms with Gasteiger partial charge in [0, 0.05) is 25.2 Å². The Morgan fingerprint density at radius 3 is 2.64 bits per heavy atom. The van der Waals surface area contributed by atoms with Crippen molar-refractivity contribution in [1.82, 2.24) is 10.2 Å². The summed E-state index contributed by atoms with van der Waals surface area (Å²) in [7, 11) is 0. The highest BCUT2D eigenvalue weighted by molar-refractivity contribution is 5.88. The lowest BCUT2D eigenvalue weighted by atomic mass is 9.94. The number of aromatic carboxylic acids is 1. The van der Waals surface area contributed by atoms with Gasteiger partial charge in [0.1, 0.15) is 5.82 Å². The van der Waals surface area contributed by atoms with Gasteiger partial charge < -0.3 is 10.4 Å². The van der Waals surface area contributed by atoms with E-state index < -0.39 is 11.8 Å². The van der Waals surface area contributed by atoms with Crippen molar-refractivity contribution in [2.24, 2.45) is 0 Å². The average molecular weight is 348 g/mol. The summed E-state index contributed by atoms with van der Waals surface area (Å²) in [4.78, 5) is 25.5. The number of hydrogen-bond acceptors (Lipinski definition) is 3. The maximum absolute atomic E-state index is 13.7. The zero-order valence-corrected chi connectivity index (χ0v) is 14.3. The zero-order valence-electron chi connectivity index (χ0n) is 14.3. The van der Waals surface area contributed by atoms with E-state index in [1.165, 1.54) is 44.2 Å². The first-order chi connectivity index (χ1) is 12.0. The van der Waals surface area contributed by atoms with Crippen LogP contribution in [-0.4, -0.2) is 47.1 Å². The van der Waals surface area contributed by atoms with E-state index in [0.29, 0.717) is 11.6 Å². The number of carbonyl (C=O) groups excluding carboxylic acids is 1. The zero-order chi connectivity index (χ0) is 17.8. The third-order valence-electron chi connectivity index (χ3n) is 5.30. The molecule has 1 aliphatic heterocycles. The fourth-order valence-electron chi connectivity index (χ4n) is 3.99. The van der Waals surface area contributed by atoms with Crippen molar-refractivity contribution >= 4 is 11.9 Å². The smallest absolute Gasteiger partial charge is 0.338 e. The number of benzene rings is 1. The van der Waals surface area contributed by atoms with Gasteiger partial charge >= 0.3 is 5.97 Å². The Morgan fingerprint density at radius 2 is 1.96 bits per heavy atom. The highest BCUT2D eigenvalue weighted by Crippen LogP contribution is 2.25. The molecule has 3 rings (SSSR count). The summed E-state index contributed by atoms with van der Waals surface area (Å²) >= 11 is 0. The molecule has 1 aliphatic carbocycles. The van der Waals surface area contributed by atoms with Crippen LogP contribution in [0.15, 0.2) is 18.2 Å². The number of carboxylic acids is 1. The Labute approximate surface area is 147 Å². The van der Waals surface area contributed by atoms with Crippen LogP contribution in [0.3, 0.4) is 0 Å². The lowest BCUT2D eigenvalue weighted by Gasteiger charge is -2.31. The van der Waals surface area contributed by atoms with Crippen LogP contribution in [-0.2, 0) is 11.2 Å². The molecule has 1 unspecified atom stereocenters. The van der Waals surface area contributed by atoms with Crippen molar-refractivity contribution in [3.05, 3.63) is 35.1 Å². The third-order valence-corrected chi connectivity index (χ3v) is 5.30. The molecule has 1 saturated carbocycles. The molecule has 5 nitrogen and oxygen atoms in total. The normalized spacial score (nSPS) is 22.0. The number of carbonyl (C=O) groups is 2. The van der Waals surface area contributed by atoms with Crippen molar-refractivity contribution in [3.8, 4) is 0 Å². The summed E-state index contributed by atoms with van der Waals surface area (Å²) in [6, 6.07) is 4.65. The topological polar surface area (TPSA) is 69.6 Å². The van der Waals surface area contributed by atoms with E-state index in [1.54, 1.807) is 0 Å². The predicted molar refractivity (Wildman–Crippen MR) is 92.1 cm³/mol. The van der Waals surface area contributed by atoms with E-state index in [2.05, 4.69) is 10.2 Å². The highest BCUT2D eigenvalue weighted by Gasteiger charge is 2.29.